The standard InChI is InChI=1S/C15H19N3O2S2/c1-10-8-21-15(16-10)22-9-14(19)18(2)7-12-11-5-3-4-6-13(11)20-17-12/h8H,3-7,9H2,1-2H3. The van der Waals surface area contributed by atoms with Crippen molar-refractivity contribution in [2.24, 2.45) is 0 Å². The molecule has 0 saturated heterocycles. The Morgan fingerprint density at radius 2 is 2.27 bits per heavy atom. The molecule has 0 atom stereocenters. The molecule has 118 valence electrons. The Bertz CT molecular complexity index is 666. The highest BCUT2D eigenvalue weighted by Crippen LogP contribution is 2.26. The molecular formula is C15H19N3O2S2. The lowest BCUT2D eigenvalue weighted by Gasteiger charge is -2.16. The smallest absolute Gasteiger partial charge is 0.233 e. The fourth-order valence-corrected chi connectivity index (χ4v) is 4.31. The molecule has 22 heavy (non-hydrogen) atoms. The van der Waals surface area contributed by atoms with Crippen LogP contribution in [0.4, 0.5) is 0 Å². The monoisotopic (exact) mass is 337 g/mol. The van der Waals surface area contributed by atoms with Crippen molar-refractivity contribution in [2.45, 2.75) is 43.5 Å². The van der Waals surface area contributed by atoms with Crippen LogP contribution >= 0.6 is 23.1 Å². The van der Waals surface area contributed by atoms with Crippen molar-refractivity contribution in [2.75, 3.05) is 12.8 Å². The van der Waals surface area contributed by atoms with Gasteiger partial charge in [0.15, 0.2) is 4.34 Å². The molecule has 0 unspecified atom stereocenters. The Labute approximate surface area is 138 Å². The third kappa shape index (κ3) is 3.52. The van der Waals surface area contributed by atoms with Gasteiger partial charge in [0.2, 0.25) is 5.91 Å². The van der Waals surface area contributed by atoms with Crippen LogP contribution in [0.3, 0.4) is 0 Å². The summed E-state index contributed by atoms with van der Waals surface area (Å²) in [6.07, 6.45) is 4.33. The first kappa shape index (κ1) is 15.6. The number of thiazole rings is 1. The second kappa shape index (κ2) is 6.83. The molecule has 2 heterocycles. The number of aromatic nitrogens is 2. The van der Waals surface area contributed by atoms with Crippen LogP contribution in [0.2, 0.25) is 0 Å². The van der Waals surface area contributed by atoms with Crippen LogP contribution < -0.4 is 0 Å². The Morgan fingerprint density at radius 3 is 3.05 bits per heavy atom. The number of fused-ring (bicyclic) bond motifs is 1. The van der Waals surface area contributed by atoms with Gasteiger partial charge in [-0.1, -0.05) is 16.9 Å². The zero-order chi connectivity index (χ0) is 15.5. The second-order valence-electron chi connectivity index (χ2n) is 5.53. The summed E-state index contributed by atoms with van der Waals surface area (Å²) >= 11 is 3.07. The number of aryl methyl sites for hydroxylation is 2. The quantitative estimate of drug-likeness (QED) is 0.785. The van der Waals surface area contributed by atoms with Gasteiger partial charge in [-0.3, -0.25) is 4.79 Å². The normalized spacial score (nSPS) is 13.9. The zero-order valence-corrected chi connectivity index (χ0v) is 14.4. The van der Waals surface area contributed by atoms with Crippen molar-refractivity contribution in [3.8, 4) is 0 Å². The van der Waals surface area contributed by atoms with E-state index in [9.17, 15) is 4.79 Å². The molecule has 0 aromatic carbocycles. The molecule has 0 aliphatic heterocycles. The molecule has 0 N–H and O–H groups in total. The summed E-state index contributed by atoms with van der Waals surface area (Å²) in [6.45, 7) is 2.48. The maximum atomic E-state index is 12.2. The van der Waals surface area contributed by atoms with Crippen LogP contribution in [-0.4, -0.2) is 33.7 Å². The van der Waals surface area contributed by atoms with E-state index in [0.29, 0.717) is 12.3 Å². The summed E-state index contributed by atoms with van der Waals surface area (Å²) in [7, 11) is 1.82. The third-order valence-corrected chi connectivity index (χ3v) is 5.88. The number of amides is 1. The van der Waals surface area contributed by atoms with E-state index in [4.69, 9.17) is 4.52 Å². The van der Waals surface area contributed by atoms with E-state index >= 15 is 0 Å². The average molecular weight is 337 g/mol. The van der Waals surface area contributed by atoms with Gasteiger partial charge in [-0.25, -0.2) is 4.98 Å². The van der Waals surface area contributed by atoms with E-state index in [1.807, 2.05) is 19.4 Å². The minimum absolute atomic E-state index is 0.0883. The van der Waals surface area contributed by atoms with Crippen molar-refractivity contribution in [3.63, 3.8) is 0 Å². The first-order valence-electron chi connectivity index (χ1n) is 7.38. The Kier molecular flexibility index (Phi) is 4.83. The highest BCUT2D eigenvalue weighted by molar-refractivity contribution is 8.01. The van der Waals surface area contributed by atoms with Crippen LogP contribution in [0.25, 0.3) is 0 Å². The van der Waals surface area contributed by atoms with Crippen molar-refractivity contribution in [1.29, 1.82) is 0 Å². The largest absolute Gasteiger partial charge is 0.361 e. The van der Waals surface area contributed by atoms with Crippen LogP contribution in [0.15, 0.2) is 14.2 Å². The van der Waals surface area contributed by atoms with Crippen molar-refractivity contribution in [3.05, 3.63) is 28.1 Å². The van der Waals surface area contributed by atoms with Crippen LogP contribution in [0, 0.1) is 6.92 Å². The number of hydrogen-bond acceptors (Lipinski definition) is 6. The first-order chi connectivity index (χ1) is 10.6. The molecular weight excluding hydrogens is 318 g/mol. The van der Waals surface area contributed by atoms with Gasteiger partial charge in [0.25, 0.3) is 0 Å². The zero-order valence-electron chi connectivity index (χ0n) is 12.8. The predicted octanol–water partition coefficient (Wildman–Crippen LogP) is 3.07. The van der Waals surface area contributed by atoms with Gasteiger partial charge < -0.3 is 9.42 Å². The van der Waals surface area contributed by atoms with Gasteiger partial charge in [-0.2, -0.15) is 0 Å². The van der Waals surface area contributed by atoms with Crippen LogP contribution in [0.5, 0.6) is 0 Å². The topological polar surface area (TPSA) is 59.2 Å². The summed E-state index contributed by atoms with van der Waals surface area (Å²) in [5.41, 5.74) is 3.14. The summed E-state index contributed by atoms with van der Waals surface area (Å²) < 4.78 is 6.34. The van der Waals surface area contributed by atoms with Crippen LogP contribution in [-0.2, 0) is 24.2 Å². The Balaban J connectivity index is 1.56. The summed E-state index contributed by atoms with van der Waals surface area (Å²) in [6, 6.07) is 0. The number of carbonyl (C=O) groups is 1. The lowest BCUT2D eigenvalue weighted by atomic mass is 9.96. The van der Waals surface area contributed by atoms with Gasteiger partial charge in [0.05, 0.1) is 12.3 Å². The average Bonchev–Trinajstić information content (AvgIpc) is 3.12. The van der Waals surface area contributed by atoms with E-state index in [2.05, 4.69) is 10.1 Å². The Hall–Kier alpha value is -1.34. The molecule has 0 fully saturated rings. The van der Waals surface area contributed by atoms with Crippen molar-refractivity contribution >= 4 is 29.0 Å². The second-order valence-corrected chi connectivity index (χ2v) is 7.61. The molecule has 2 aromatic rings. The lowest BCUT2D eigenvalue weighted by Crippen LogP contribution is -2.28. The van der Waals surface area contributed by atoms with Crippen LogP contribution in [0.1, 0.15) is 35.6 Å². The van der Waals surface area contributed by atoms with E-state index < -0.39 is 0 Å². The lowest BCUT2D eigenvalue weighted by molar-refractivity contribution is -0.127. The maximum absolute atomic E-state index is 12.2. The van der Waals surface area contributed by atoms with Gasteiger partial charge in [0, 0.05) is 30.1 Å². The van der Waals surface area contributed by atoms with Gasteiger partial charge in [0.1, 0.15) is 11.5 Å². The Morgan fingerprint density at radius 1 is 1.45 bits per heavy atom. The molecule has 1 aliphatic carbocycles. The minimum Gasteiger partial charge on any atom is -0.361 e. The molecule has 2 aromatic heterocycles. The fraction of sp³-hybridized carbons (Fsp3) is 0.533. The summed E-state index contributed by atoms with van der Waals surface area (Å²) in [5, 5.41) is 6.15. The first-order valence-corrected chi connectivity index (χ1v) is 9.25. The van der Waals surface area contributed by atoms with E-state index in [1.54, 1.807) is 16.2 Å². The highest BCUT2D eigenvalue weighted by atomic mass is 32.2. The maximum Gasteiger partial charge on any atom is 0.233 e. The molecule has 1 aliphatic rings. The minimum atomic E-state index is 0.0883. The SMILES string of the molecule is Cc1csc(SCC(=O)N(C)Cc2noc3c2CCCC3)n1. The van der Waals surface area contributed by atoms with Gasteiger partial charge >= 0.3 is 0 Å². The number of carbonyl (C=O) groups excluding carboxylic acids is 1. The van der Waals surface area contributed by atoms with Crippen molar-refractivity contribution in [1.82, 2.24) is 15.0 Å². The molecule has 1 amide bonds. The number of rotatable bonds is 5. The van der Waals surface area contributed by atoms with E-state index in [0.717, 1.165) is 34.3 Å². The summed E-state index contributed by atoms with van der Waals surface area (Å²) in [5.74, 6) is 1.50. The van der Waals surface area contributed by atoms with Gasteiger partial charge in [-0.05, 0) is 26.2 Å². The highest BCUT2D eigenvalue weighted by Gasteiger charge is 2.21. The molecule has 0 saturated carbocycles. The predicted molar refractivity (Wildman–Crippen MR) is 87.2 cm³/mol. The van der Waals surface area contributed by atoms with E-state index in [1.165, 1.54) is 30.2 Å². The number of nitrogens with zero attached hydrogens (tertiary/aromatic N) is 3. The molecule has 3 rings (SSSR count). The number of thioether (sulfide) groups is 1. The third-order valence-electron chi connectivity index (χ3n) is 3.76. The molecule has 0 spiro atoms. The van der Waals surface area contributed by atoms with E-state index in [-0.39, 0.29) is 5.91 Å². The van der Waals surface area contributed by atoms with Crippen molar-refractivity contribution < 1.29 is 9.32 Å². The summed E-state index contributed by atoms with van der Waals surface area (Å²) in [4.78, 5) is 18.3. The molecule has 5 nitrogen and oxygen atoms in total. The molecule has 7 heteroatoms. The van der Waals surface area contributed by atoms with Gasteiger partial charge in [-0.15, -0.1) is 11.3 Å². The fourth-order valence-electron chi connectivity index (χ4n) is 2.52. The number of hydrogen-bond donors (Lipinski definition) is 0. The molecule has 0 bridgehead atoms. The molecule has 0 radical (unpaired) electrons.